The molecular formula is C61H35F5N4. The second-order valence-corrected chi connectivity index (χ2v) is 17.9. The SMILES string of the molecule is Cc1c(-n2c3ccccc3c3cc(-n4c5ccccc5c5ccccc54)ccc32)ccc(-c2c(F)c(F)c(F)c(F)c2F)c1-n1c2ccccc2c2cc(-n3c4ccccc4c4ccccc43)ccc21. The van der Waals surface area contributed by atoms with Gasteiger partial charge in [0.1, 0.15) is 0 Å². The minimum absolute atomic E-state index is 0.155. The molecule has 70 heavy (non-hydrogen) atoms. The molecule has 0 fully saturated rings. The van der Waals surface area contributed by atoms with E-state index in [4.69, 9.17) is 0 Å². The van der Waals surface area contributed by atoms with Crippen LogP contribution in [0.1, 0.15) is 5.56 Å². The molecule has 334 valence electrons. The van der Waals surface area contributed by atoms with E-state index in [1.807, 2.05) is 115 Å². The Kier molecular flexibility index (Phi) is 8.47. The number of hydrogen-bond acceptors (Lipinski definition) is 0. The third-order valence-corrected chi connectivity index (χ3v) is 14.3. The molecule has 4 nitrogen and oxygen atoms in total. The summed E-state index contributed by atoms with van der Waals surface area (Å²) in [5.41, 5.74) is 9.46. The van der Waals surface area contributed by atoms with Crippen molar-refractivity contribution in [2.75, 3.05) is 0 Å². The minimum Gasteiger partial charge on any atom is -0.309 e. The number of nitrogens with zero attached hydrogens (tertiary/aromatic N) is 4. The van der Waals surface area contributed by atoms with E-state index < -0.39 is 34.6 Å². The van der Waals surface area contributed by atoms with Crippen LogP contribution in [0.4, 0.5) is 22.0 Å². The average Bonchev–Trinajstić information content (AvgIpc) is 4.12. The number of para-hydroxylation sites is 6. The summed E-state index contributed by atoms with van der Waals surface area (Å²) in [6, 6.07) is 64.6. The highest BCUT2D eigenvalue weighted by atomic mass is 19.2. The van der Waals surface area contributed by atoms with Crippen molar-refractivity contribution in [3.05, 3.63) is 229 Å². The van der Waals surface area contributed by atoms with Crippen molar-refractivity contribution in [2.24, 2.45) is 0 Å². The van der Waals surface area contributed by atoms with E-state index in [1.54, 1.807) is 6.07 Å². The van der Waals surface area contributed by atoms with Gasteiger partial charge in [-0.05, 0) is 97.4 Å². The smallest absolute Gasteiger partial charge is 0.200 e. The van der Waals surface area contributed by atoms with E-state index in [2.05, 4.69) is 92.6 Å². The molecule has 0 spiro atoms. The highest BCUT2D eigenvalue weighted by molar-refractivity contribution is 6.15. The molecule has 0 bridgehead atoms. The van der Waals surface area contributed by atoms with Crippen LogP contribution >= 0.6 is 0 Å². The van der Waals surface area contributed by atoms with Gasteiger partial charge < -0.3 is 18.3 Å². The molecule has 0 aliphatic carbocycles. The maximum Gasteiger partial charge on any atom is 0.200 e. The first kappa shape index (κ1) is 40.1. The third kappa shape index (κ3) is 5.40. The number of halogens is 5. The van der Waals surface area contributed by atoms with Crippen LogP contribution in [-0.2, 0) is 0 Å². The van der Waals surface area contributed by atoms with Gasteiger partial charge in [0.15, 0.2) is 23.3 Å². The lowest BCUT2D eigenvalue weighted by atomic mass is 9.96. The van der Waals surface area contributed by atoms with Crippen LogP contribution in [0.5, 0.6) is 0 Å². The molecule has 14 aromatic rings. The summed E-state index contributed by atoms with van der Waals surface area (Å²) in [6.07, 6.45) is 0. The third-order valence-electron chi connectivity index (χ3n) is 14.3. The van der Waals surface area contributed by atoms with Crippen molar-refractivity contribution in [1.82, 2.24) is 18.3 Å². The fourth-order valence-electron chi connectivity index (χ4n) is 11.4. The van der Waals surface area contributed by atoms with Gasteiger partial charge in [0.25, 0.3) is 0 Å². The standard InChI is InChI=1S/C61H35F5N4/c1-34-46(69-51-24-12-6-18-41(51)44-32-35(26-29-53(44)69)67-47-20-8-2-14-37(47)38-15-3-9-21-48(38)67)31-28-43(55-56(62)58(64)60(66)59(65)57(55)63)61(34)70-52-25-13-7-19-42(52)45-33-36(27-30-54(45)70)68-49-22-10-4-16-39(49)40-17-5-11-23-50(40)68/h2-33H,1H3. The van der Waals surface area contributed by atoms with Gasteiger partial charge in [0, 0.05) is 60.0 Å². The predicted molar refractivity (Wildman–Crippen MR) is 274 cm³/mol. The van der Waals surface area contributed by atoms with Crippen molar-refractivity contribution in [3.63, 3.8) is 0 Å². The molecule has 0 N–H and O–H groups in total. The second-order valence-electron chi connectivity index (χ2n) is 17.9. The van der Waals surface area contributed by atoms with Crippen molar-refractivity contribution in [1.29, 1.82) is 0 Å². The molecule has 0 atom stereocenters. The van der Waals surface area contributed by atoms with E-state index in [0.717, 1.165) is 87.6 Å². The van der Waals surface area contributed by atoms with Gasteiger partial charge in [-0.3, -0.25) is 0 Å². The first-order chi connectivity index (χ1) is 34.3. The van der Waals surface area contributed by atoms with Gasteiger partial charge in [-0.15, -0.1) is 0 Å². The summed E-state index contributed by atoms with van der Waals surface area (Å²) < 4.78 is 86.7. The molecular weight excluding hydrogens is 884 g/mol. The maximum atomic E-state index is 16.3. The van der Waals surface area contributed by atoms with Gasteiger partial charge in [0.05, 0.1) is 61.1 Å². The van der Waals surface area contributed by atoms with E-state index >= 15 is 17.6 Å². The highest BCUT2D eigenvalue weighted by Crippen LogP contribution is 2.45. The number of fused-ring (bicyclic) bond motifs is 12. The van der Waals surface area contributed by atoms with Gasteiger partial charge >= 0.3 is 0 Å². The first-order valence-electron chi connectivity index (χ1n) is 23.0. The quantitative estimate of drug-likeness (QED) is 0.0931. The molecule has 10 aromatic carbocycles. The molecule has 0 saturated heterocycles. The first-order valence-corrected chi connectivity index (χ1v) is 23.0. The Morgan fingerprint density at radius 1 is 0.286 bits per heavy atom. The molecule has 0 aliphatic rings. The van der Waals surface area contributed by atoms with Crippen molar-refractivity contribution in [2.45, 2.75) is 6.92 Å². The Labute approximate surface area is 395 Å². The zero-order valence-corrected chi connectivity index (χ0v) is 37.2. The summed E-state index contributed by atoms with van der Waals surface area (Å²) in [6.45, 7) is 1.85. The minimum atomic E-state index is -2.21. The lowest BCUT2D eigenvalue weighted by Gasteiger charge is -2.22. The Bertz CT molecular complexity index is 4430. The van der Waals surface area contributed by atoms with Crippen LogP contribution < -0.4 is 0 Å². The Morgan fingerprint density at radius 2 is 0.600 bits per heavy atom. The molecule has 0 unspecified atom stereocenters. The largest absolute Gasteiger partial charge is 0.309 e. The molecule has 0 radical (unpaired) electrons. The topological polar surface area (TPSA) is 19.7 Å². The number of rotatable bonds is 5. The lowest BCUT2D eigenvalue weighted by molar-refractivity contribution is 0.381. The Balaban J connectivity index is 1.06. The summed E-state index contributed by atoms with van der Waals surface area (Å²) >= 11 is 0. The summed E-state index contributed by atoms with van der Waals surface area (Å²) in [7, 11) is 0. The van der Waals surface area contributed by atoms with E-state index in [9.17, 15) is 4.39 Å². The summed E-state index contributed by atoms with van der Waals surface area (Å²) in [4.78, 5) is 0. The fourth-order valence-corrected chi connectivity index (χ4v) is 11.4. The summed E-state index contributed by atoms with van der Waals surface area (Å²) in [5, 5.41) is 8.10. The zero-order chi connectivity index (χ0) is 47.1. The normalized spacial score (nSPS) is 12.1. The predicted octanol–water partition coefficient (Wildman–Crippen LogP) is 16.7. The Hall–Kier alpha value is -8.95. The monoisotopic (exact) mass is 918 g/mol. The molecule has 14 rings (SSSR count). The van der Waals surface area contributed by atoms with Crippen LogP contribution in [0.15, 0.2) is 194 Å². The van der Waals surface area contributed by atoms with Gasteiger partial charge in [-0.1, -0.05) is 109 Å². The van der Waals surface area contributed by atoms with Crippen molar-refractivity contribution < 1.29 is 22.0 Å². The number of aromatic nitrogens is 4. The second kappa shape index (κ2) is 14.8. The fraction of sp³-hybridized carbons (Fsp3) is 0.0164. The van der Waals surface area contributed by atoms with Crippen LogP contribution in [-0.4, -0.2) is 18.3 Å². The van der Waals surface area contributed by atoms with Crippen LogP contribution in [0, 0.1) is 36.0 Å². The number of hydrogen-bond donors (Lipinski definition) is 0. The Morgan fingerprint density at radius 3 is 1.01 bits per heavy atom. The van der Waals surface area contributed by atoms with Crippen LogP contribution in [0.25, 0.3) is 121 Å². The van der Waals surface area contributed by atoms with Gasteiger partial charge in [-0.2, -0.15) is 0 Å². The molecule has 9 heteroatoms. The van der Waals surface area contributed by atoms with E-state index in [0.29, 0.717) is 22.3 Å². The molecule has 4 aromatic heterocycles. The van der Waals surface area contributed by atoms with Crippen LogP contribution in [0.3, 0.4) is 0 Å². The molecule has 4 heterocycles. The highest BCUT2D eigenvalue weighted by Gasteiger charge is 2.31. The van der Waals surface area contributed by atoms with E-state index in [-0.39, 0.29) is 11.3 Å². The van der Waals surface area contributed by atoms with Gasteiger partial charge in [0.2, 0.25) is 5.82 Å². The number of benzene rings is 10. The van der Waals surface area contributed by atoms with E-state index in [1.165, 1.54) is 6.07 Å². The summed E-state index contributed by atoms with van der Waals surface area (Å²) in [5.74, 6) is -10.1. The zero-order valence-electron chi connectivity index (χ0n) is 37.2. The maximum absolute atomic E-state index is 16.3. The molecule has 0 amide bonds. The lowest BCUT2D eigenvalue weighted by Crippen LogP contribution is -2.09. The van der Waals surface area contributed by atoms with Crippen LogP contribution in [0.2, 0.25) is 0 Å². The van der Waals surface area contributed by atoms with Crippen molar-refractivity contribution >= 4 is 87.2 Å². The molecule has 0 aliphatic heterocycles. The molecule has 0 saturated carbocycles. The average molecular weight is 919 g/mol. The van der Waals surface area contributed by atoms with Gasteiger partial charge in [-0.25, -0.2) is 22.0 Å². The van der Waals surface area contributed by atoms with Crippen molar-refractivity contribution in [3.8, 4) is 33.9 Å².